The van der Waals surface area contributed by atoms with Crippen LogP contribution in [0.4, 0.5) is 0 Å². The standard InChI is InChI=1S/C23H21ClN2O3/c24-18-10-8-15(9-11-18)21(27)25(13-14-4-2-1-3-5-14)26-22(28)19-16-6-7-17(12-16)20(19)23(26)29/h1-5,8-11,16-17,19-20H,6-7,12-13H2/t16-,17-,19-,20-/m0/s1. The maximum atomic E-state index is 13.4. The zero-order valence-electron chi connectivity index (χ0n) is 15.8. The normalized spacial score (nSPS) is 27.4. The van der Waals surface area contributed by atoms with Gasteiger partial charge in [0, 0.05) is 10.6 Å². The van der Waals surface area contributed by atoms with Gasteiger partial charge in [-0.05, 0) is 60.9 Å². The highest BCUT2D eigenvalue weighted by Gasteiger charge is 2.62. The van der Waals surface area contributed by atoms with Crippen LogP contribution in [0.1, 0.15) is 35.2 Å². The molecule has 3 fully saturated rings. The van der Waals surface area contributed by atoms with Crippen molar-refractivity contribution in [3.05, 3.63) is 70.7 Å². The van der Waals surface area contributed by atoms with Crippen LogP contribution in [-0.4, -0.2) is 27.7 Å². The van der Waals surface area contributed by atoms with Gasteiger partial charge in [-0.25, -0.2) is 5.01 Å². The van der Waals surface area contributed by atoms with Gasteiger partial charge in [0.1, 0.15) is 0 Å². The lowest BCUT2D eigenvalue weighted by Gasteiger charge is -2.31. The SMILES string of the molecule is O=C(c1ccc(Cl)cc1)N(Cc1ccccc1)N1C(=O)[C@H]2[C@H]3CC[C@@H](C3)[C@@H]2C1=O. The highest BCUT2D eigenvalue weighted by molar-refractivity contribution is 6.30. The van der Waals surface area contributed by atoms with Gasteiger partial charge >= 0.3 is 0 Å². The Kier molecular flexibility index (Phi) is 4.43. The molecule has 1 aliphatic heterocycles. The van der Waals surface area contributed by atoms with Crippen LogP contribution in [0.3, 0.4) is 0 Å². The van der Waals surface area contributed by atoms with E-state index in [1.807, 2.05) is 30.3 Å². The first-order valence-electron chi connectivity index (χ1n) is 10.0. The number of nitrogens with zero attached hydrogens (tertiary/aromatic N) is 2. The second kappa shape index (κ2) is 6.99. The van der Waals surface area contributed by atoms with Gasteiger partial charge in [-0.3, -0.25) is 14.4 Å². The molecule has 0 unspecified atom stereocenters. The molecule has 3 amide bonds. The summed E-state index contributed by atoms with van der Waals surface area (Å²) in [4.78, 5) is 40.0. The molecule has 0 spiro atoms. The molecule has 2 aromatic rings. The van der Waals surface area contributed by atoms with E-state index in [2.05, 4.69) is 0 Å². The average Bonchev–Trinajstić information content (AvgIpc) is 3.41. The molecule has 6 heteroatoms. The first-order valence-corrected chi connectivity index (χ1v) is 10.4. The van der Waals surface area contributed by atoms with Gasteiger partial charge in [0.15, 0.2) is 0 Å². The van der Waals surface area contributed by atoms with Crippen molar-refractivity contribution in [1.82, 2.24) is 10.0 Å². The number of carbonyl (C=O) groups is 3. The second-order valence-corrected chi connectivity index (χ2v) is 8.66. The molecule has 3 aliphatic rings. The zero-order valence-corrected chi connectivity index (χ0v) is 16.6. The van der Waals surface area contributed by atoms with E-state index in [0.717, 1.165) is 29.8 Å². The number of benzene rings is 2. The minimum atomic E-state index is -0.375. The summed E-state index contributed by atoms with van der Waals surface area (Å²) in [6.45, 7) is 0.161. The van der Waals surface area contributed by atoms with Crippen molar-refractivity contribution in [3.63, 3.8) is 0 Å². The minimum Gasteiger partial charge on any atom is -0.272 e. The zero-order chi connectivity index (χ0) is 20.1. The molecule has 148 valence electrons. The quantitative estimate of drug-likeness (QED) is 0.720. The number of hydrogen-bond donors (Lipinski definition) is 0. The fourth-order valence-corrected chi connectivity index (χ4v) is 5.49. The van der Waals surface area contributed by atoms with E-state index in [1.165, 1.54) is 5.01 Å². The molecule has 0 N–H and O–H groups in total. The maximum absolute atomic E-state index is 13.4. The molecular formula is C23H21ClN2O3. The molecule has 4 atom stereocenters. The van der Waals surface area contributed by atoms with Crippen LogP contribution in [0, 0.1) is 23.7 Å². The van der Waals surface area contributed by atoms with Crippen molar-refractivity contribution in [3.8, 4) is 0 Å². The largest absolute Gasteiger partial charge is 0.273 e. The van der Waals surface area contributed by atoms with Crippen molar-refractivity contribution >= 4 is 29.3 Å². The van der Waals surface area contributed by atoms with Crippen molar-refractivity contribution in [1.29, 1.82) is 0 Å². The topological polar surface area (TPSA) is 57.7 Å². The van der Waals surface area contributed by atoms with Gasteiger partial charge in [-0.15, -0.1) is 0 Å². The third-order valence-electron chi connectivity index (χ3n) is 6.65. The predicted octanol–water partition coefficient (Wildman–Crippen LogP) is 3.93. The molecule has 5 nitrogen and oxygen atoms in total. The Morgan fingerprint density at radius 1 is 0.931 bits per heavy atom. The van der Waals surface area contributed by atoms with Gasteiger partial charge in [-0.2, -0.15) is 5.01 Å². The van der Waals surface area contributed by atoms with E-state index in [-0.39, 0.29) is 47.9 Å². The summed E-state index contributed by atoms with van der Waals surface area (Å²) in [7, 11) is 0. The van der Waals surface area contributed by atoms with E-state index < -0.39 is 0 Å². The average molecular weight is 409 g/mol. The van der Waals surface area contributed by atoms with E-state index in [1.54, 1.807) is 24.3 Å². The summed E-state index contributed by atoms with van der Waals surface area (Å²) in [6.07, 6.45) is 2.97. The van der Waals surface area contributed by atoms with Gasteiger partial charge in [0.05, 0.1) is 18.4 Å². The van der Waals surface area contributed by atoms with Crippen LogP contribution in [0.2, 0.25) is 5.02 Å². The molecule has 2 saturated carbocycles. The smallest absolute Gasteiger partial charge is 0.272 e. The van der Waals surface area contributed by atoms with E-state index >= 15 is 0 Å². The lowest BCUT2D eigenvalue weighted by molar-refractivity contribution is -0.156. The highest BCUT2D eigenvalue weighted by Crippen LogP contribution is 2.56. The third kappa shape index (κ3) is 2.96. The Morgan fingerprint density at radius 3 is 2.10 bits per heavy atom. The second-order valence-electron chi connectivity index (χ2n) is 8.23. The first kappa shape index (κ1) is 18.4. The summed E-state index contributed by atoms with van der Waals surface area (Å²) in [5, 5.41) is 2.99. The molecule has 0 aromatic heterocycles. The Morgan fingerprint density at radius 2 is 1.52 bits per heavy atom. The molecule has 1 saturated heterocycles. The monoisotopic (exact) mass is 408 g/mol. The number of amides is 3. The predicted molar refractivity (Wildman–Crippen MR) is 107 cm³/mol. The molecule has 2 bridgehead atoms. The summed E-state index contributed by atoms with van der Waals surface area (Å²) >= 11 is 5.96. The number of rotatable bonds is 4. The highest BCUT2D eigenvalue weighted by atomic mass is 35.5. The van der Waals surface area contributed by atoms with E-state index in [4.69, 9.17) is 11.6 Å². The summed E-state index contributed by atoms with van der Waals surface area (Å²) < 4.78 is 0. The first-order chi connectivity index (χ1) is 14.0. The van der Waals surface area contributed by atoms with Crippen LogP contribution < -0.4 is 0 Å². The number of hydrogen-bond acceptors (Lipinski definition) is 3. The van der Waals surface area contributed by atoms with Crippen LogP contribution in [0.15, 0.2) is 54.6 Å². The van der Waals surface area contributed by atoms with Crippen molar-refractivity contribution < 1.29 is 14.4 Å². The van der Waals surface area contributed by atoms with Crippen LogP contribution in [0.5, 0.6) is 0 Å². The fraction of sp³-hybridized carbons (Fsp3) is 0.348. The third-order valence-corrected chi connectivity index (χ3v) is 6.90. The maximum Gasteiger partial charge on any atom is 0.273 e. The van der Waals surface area contributed by atoms with Crippen LogP contribution >= 0.6 is 11.6 Å². The Hall–Kier alpha value is -2.66. The number of carbonyl (C=O) groups excluding carboxylic acids is 3. The van der Waals surface area contributed by atoms with Gasteiger partial charge in [-0.1, -0.05) is 41.9 Å². The van der Waals surface area contributed by atoms with Crippen molar-refractivity contribution in [2.45, 2.75) is 25.8 Å². The lowest BCUT2D eigenvalue weighted by Crippen LogP contribution is -2.50. The van der Waals surface area contributed by atoms with Crippen molar-refractivity contribution in [2.75, 3.05) is 0 Å². The number of hydrazine groups is 1. The van der Waals surface area contributed by atoms with E-state index in [0.29, 0.717) is 10.6 Å². The summed E-state index contributed by atoms with van der Waals surface area (Å²) in [5.74, 6) is -0.795. The van der Waals surface area contributed by atoms with Gasteiger partial charge < -0.3 is 0 Å². The molecule has 2 aliphatic carbocycles. The molecule has 0 radical (unpaired) electrons. The lowest BCUT2D eigenvalue weighted by atomic mass is 9.81. The number of halogens is 1. The molecular weight excluding hydrogens is 388 g/mol. The van der Waals surface area contributed by atoms with Crippen LogP contribution in [0.25, 0.3) is 0 Å². The molecule has 5 rings (SSSR count). The molecule has 1 heterocycles. The molecule has 2 aromatic carbocycles. The van der Waals surface area contributed by atoms with Crippen molar-refractivity contribution in [2.24, 2.45) is 23.7 Å². The molecule has 29 heavy (non-hydrogen) atoms. The van der Waals surface area contributed by atoms with E-state index in [9.17, 15) is 14.4 Å². The Bertz CT molecular complexity index is 947. The minimum absolute atomic E-state index is 0.161. The Balaban J connectivity index is 1.51. The van der Waals surface area contributed by atoms with Crippen LogP contribution in [-0.2, 0) is 16.1 Å². The van der Waals surface area contributed by atoms with Gasteiger partial charge in [0.2, 0.25) is 0 Å². The summed E-state index contributed by atoms with van der Waals surface area (Å²) in [6, 6.07) is 15.9. The summed E-state index contributed by atoms with van der Waals surface area (Å²) in [5.41, 5.74) is 1.25. The number of imide groups is 1. The van der Waals surface area contributed by atoms with Gasteiger partial charge in [0.25, 0.3) is 17.7 Å². The fourth-order valence-electron chi connectivity index (χ4n) is 5.36. The number of fused-ring (bicyclic) bond motifs is 5. The Labute approximate surface area is 174 Å².